The predicted octanol–water partition coefficient (Wildman–Crippen LogP) is 1.61. The molecule has 4 nitrogen and oxygen atoms in total. The van der Waals surface area contributed by atoms with Crippen LogP contribution in [0, 0.1) is 5.92 Å². The van der Waals surface area contributed by atoms with Gasteiger partial charge in [-0.1, -0.05) is 13.5 Å². The van der Waals surface area contributed by atoms with Gasteiger partial charge in [0, 0.05) is 5.57 Å². The Morgan fingerprint density at radius 1 is 1.50 bits per heavy atom. The van der Waals surface area contributed by atoms with E-state index in [0.29, 0.717) is 25.0 Å². The molecule has 14 heavy (non-hydrogen) atoms. The monoisotopic (exact) mass is 200 g/mol. The summed E-state index contributed by atoms with van der Waals surface area (Å²) in [5.41, 5.74) is 0.333. The smallest absolute Gasteiger partial charge is 0.333 e. The maximum Gasteiger partial charge on any atom is 0.333 e. The Hall–Kier alpha value is -1.32. The van der Waals surface area contributed by atoms with Crippen LogP contribution in [0.1, 0.15) is 26.7 Å². The normalized spacial score (nSPS) is 11.9. The zero-order valence-corrected chi connectivity index (χ0v) is 8.58. The summed E-state index contributed by atoms with van der Waals surface area (Å²) in [5, 5.41) is 8.59. The summed E-state index contributed by atoms with van der Waals surface area (Å²) in [6.45, 7) is 7.16. The third kappa shape index (κ3) is 4.64. The van der Waals surface area contributed by atoms with Gasteiger partial charge in [-0.2, -0.15) is 0 Å². The van der Waals surface area contributed by atoms with E-state index in [1.807, 2.05) is 0 Å². The highest BCUT2D eigenvalue weighted by Gasteiger charge is 2.14. The summed E-state index contributed by atoms with van der Waals surface area (Å²) in [6, 6.07) is 0. The molecule has 0 aromatic rings. The van der Waals surface area contributed by atoms with Crippen molar-refractivity contribution in [1.82, 2.24) is 0 Å². The lowest BCUT2D eigenvalue weighted by molar-refractivity contribution is -0.142. The first-order valence-corrected chi connectivity index (χ1v) is 4.56. The molecule has 0 aromatic carbocycles. The first kappa shape index (κ1) is 12.7. The van der Waals surface area contributed by atoms with Gasteiger partial charge in [-0.25, -0.2) is 4.79 Å². The molecule has 0 saturated heterocycles. The number of rotatable bonds is 6. The van der Waals surface area contributed by atoms with Gasteiger partial charge in [0.1, 0.15) is 0 Å². The van der Waals surface area contributed by atoms with Gasteiger partial charge in [0.15, 0.2) is 0 Å². The molecule has 0 rings (SSSR count). The largest absolute Gasteiger partial charge is 0.481 e. The molecule has 0 saturated carbocycles. The van der Waals surface area contributed by atoms with Gasteiger partial charge in [-0.05, 0) is 19.8 Å². The number of esters is 1. The van der Waals surface area contributed by atoms with Crippen molar-refractivity contribution in [2.45, 2.75) is 26.7 Å². The summed E-state index contributed by atoms with van der Waals surface area (Å²) in [5.74, 6) is -1.76. The van der Waals surface area contributed by atoms with Crippen molar-refractivity contribution in [3.63, 3.8) is 0 Å². The summed E-state index contributed by atoms with van der Waals surface area (Å²) in [6.07, 6.45) is 0.777. The Morgan fingerprint density at radius 3 is 2.50 bits per heavy atom. The second-order valence-electron chi connectivity index (χ2n) is 3.10. The average Bonchev–Trinajstić information content (AvgIpc) is 2.13. The van der Waals surface area contributed by atoms with E-state index in [1.54, 1.807) is 13.8 Å². The number of carboxylic acid groups (broad SMARTS) is 1. The van der Waals surface area contributed by atoms with Gasteiger partial charge in [0.05, 0.1) is 12.5 Å². The van der Waals surface area contributed by atoms with E-state index in [4.69, 9.17) is 9.84 Å². The van der Waals surface area contributed by atoms with Gasteiger partial charge in [0.25, 0.3) is 0 Å². The molecule has 0 bridgehead atoms. The minimum Gasteiger partial charge on any atom is -0.481 e. The fourth-order valence-electron chi connectivity index (χ4n) is 0.849. The molecule has 1 atom stereocenters. The molecular formula is C10H16O4. The number of carbonyl (C=O) groups is 2. The minimum absolute atomic E-state index is 0.312. The van der Waals surface area contributed by atoms with E-state index in [-0.39, 0.29) is 0 Å². The fourth-order valence-corrected chi connectivity index (χ4v) is 0.849. The topological polar surface area (TPSA) is 63.6 Å². The van der Waals surface area contributed by atoms with Crippen molar-refractivity contribution >= 4 is 11.9 Å². The lowest BCUT2D eigenvalue weighted by Gasteiger charge is -2.07. The van der Waals surface area contributed by atoms with Crippen LogP contribution in [0.5, 0.6) is 0 Å². The Bertz CT molecular complexity index is 232. The van der Waals surface area contributed by atoms with Gasteiger partial charge >= 0.3 is 11.9 Å². The van der Waals surface area contributed by atoms with Gasteiger partial charge in [0.2, 0.25) is 0 Å². The summed E-state index contributed by atoms with van der Waals surface area (Å²) >= 11 is 0. The number of hydrogen-bond donors (Lipinski definition) is 1. The minimum atomic E-state index is -0.860. The average molecular weight is 200 g/mol. The van der Waals surface area contributed by atoms with Gasteiger partial charge in [-0.3, -0.25) is 4.79 Å². The second-order valence-corrected chi connectivity index (χ2v) is 3.10. The van der Waals surface area contributed by atoms with Crippen molar-refractivity contribution in [3.8, 4) is 0 Å². The maximum absolute atomic E-state index is 11.1. The van der Waals surface area contributed by atoms with Crippen LogP contribution in [-0.4, -0.2) is 23.7 Å². The Balaban J connectivity index is 3.85. The summed E-state index contributed by atoms with van der Waals surface area (Å²) in [7, 11) is 0. The number of carbonyl (C=O) groups excluding carboxylic acids is 1. The van der Waals surface area contributed by atoms with Crippen LogP contribution in [0.4, 0.5) is 0 Å². The highest BCUT2D eigenvalue weighted by molar-refractivity contribution is 5.87. The van der Waals surface area contributed by atoms with Gasteiger partial charge in [-0.15, -0.1) is 0 Å². The standard InChI is InChI=1S/C10H16O4/c1-4-14-10(13)8(3)6-5-7(2)9(11)12/h7H,3-6H2,1-2H3,(H,11,12). The molecule has 0 spiro atoms. The molecule has 0 aliphatic carbocycles. The lowest BCUT2D eigenvalue weighted by Crippen LogP contribution is -2.12. The summed E-state index contributed by atoms with van der Waals surface area (Å²) in [4.78, 5) is 21.5. The molecule has 1 unspecified atom stereocenters. The molecule has 0 aliphatic heterocycles. The number of ether oxygens (including phenoxy) is 1. The molecule has 0 amide bonds. The van der Waals surface area contributed by atoms with E-state index in [2.05, 4.69) is 6.58 Å². The predicted molar refractivity (Wildman–Crippen MR) is 51.8 cm³/mol. The zero-order valence-electron chi connectivity index (χ0n) is 8.58. The highest BCUT2D eigenvalue weighted by Crippen LogP contribution is 2.11. The van der Waals surface area contributed by atoms with E-state index in [1.165, 1.54) is 0 Å². The van der Waals surface area contributed by atoms with Crippen LogP contribution in [0.15, 0.2) is 12.2 Å². The van der Waals surface area contributed by atoms with E-state index >= 15 is 0 Å². The van der Waals surface area contributed by atoms with E-state index in [0.717, 1.165) is 0 Å². The van der Waals surface area contributed by atoms with Crippen LogP contribution in [0.25, 0.3) is 0 Å². The van der Waals surface area contributed by atoms with Crippen molar-refractivity contribution < 1.29 is 19.4 Å². The van der Waals surface area contributed by atoms with Crippen molar-refractivity contribution in [2.75, 3.05) is 6.61 Å². The Morgan fingerprint density at radius 2 is 2.07 bits per heavy atom. The molecule has 0 heterocycles. The van der Waals surface area contributed by atoms with Crippen LogP contribution in [-0.2, 0) is 14.3 Å². The van der Waals surface area contributed by atoms with Crippen molar-refractivity contribution in [1.29, 1.82) is 0 Å². The quantitative estimate of drug-likeness (QED) is 0.522. The molecular weight excluding hydrogens is 184 g/mol. The number of carboxylic acids is 1. The van der Waals surface area contributed by atoms with Crippen LogP contribution < -0.4 is 0 Å². The molecule has 0 fully saturated rings. The first-order chi connectivity index (χ1) is 6.49. The Kier molecular flexibility index (Phi) is 5.60. The van der Waals surface area contributed by atoms with Crippen LogP contribution in [0.2, 0.25) is 0 Å². The molecule has 1 N–H and O–H groups in total. The van der Waals surface area contributed by atoms with Crippen LogP contribution in [0.3, 0.4) is 0 Å². The second kappa shape index (κ2) is 6.18. The fraction of sp³-hybridized carbons (Fsp3) is 0.600. The summed E-state index contributed by atoms with van der Waals surface area (Å²) < 4.78 is 4.71. The third-order valence-corrected chi connectivity index (χ3v) is 1.86. The van der Waals surface area contributed by atoms with Crippen molar-refractivity contribution in [3.05, 3.63) is 12.2 Å². The van der Waals surface area contributed by atoms with Crippen LogP contribution >= 0.6 is 0 Å². The molecule has 80 valence electrons. The zero-order chi connectivity index (χ0) is 11.1. The molecule has 0 aromatic heterocycles. The number of hydrogen-bond acceptors (Lipinski definition) is 3. The lowest BCUT2D eigenvalue weighted by atomic mass is 10.0. The SMILES string of the molecule is C=C(CCC(C)C(=O)O)C(=O)OCC. The Labute approximate surface area is 83.6 Å². The molecule has 4 heteroatoms. The number of aliphatic carboxylic acids is 1. The first-order valence-electron chi connectivity index (χ1n) is 4.56. The molecule has 0 aliphatic rings. The van der Waals surface area contributed by atoms with E-state index in [9.17, 15) is 9.59 Å². The molecule has 0 radical (unpaired) electrons. The third-order valence-electron chi connectivity index (χ3n) is 1.86. The van der Waals surface area contributed by atoms with Gasteiger partial charge < -0.3 is 9.84 Å². The van der Waals surface area contributed by atoms with E-state index < -0.39 is 17.9 Å². The highest BCUT2D eigenvalue weighted by atomic mass is 16.5. The van der Waals surface area contributed by atoms with Crippen molar-refractivity contribution in [2.24, 2.45) is 5.92 Å². The maximum atomic E-state index is 11.1.